The largest absolute Gasteiger partial charge is 0.383 e. The average Bonchev–Trinajstić information content (AvgIpc) is 2.86. The molecule has 126 valence electrons. The van der Waals surface area contributed by atoms with Crippen molar-refractivity contribution >= 4 is 21.6 Å². The zero-order valence-corrected chi connectivity index (χ0v) is 15.0. The molecule has 0 radical (unpaired) electrons. The summed E-state index contributed by atoms with van der Waals surface area (Å²) in [5, 5.41) is 0.580. The lowest BCUT2D eigenvalue weighted by Gasteiger charge is -2.07. The molecular weight excluding hydrogens is 324 g/mol. The van der Waals surface area contributed by atoms with Gasteiger partial charge in [-0.1, -0.05) is 18.2 Å². The lowest BCUT2D eigenvalue weighted by Crippen LogP contribution is -2.35. The van der Waals surface area contributed by atoms with Gasteiger partial charge < -0.3 is 4.74 Å². The van der Waals surface area contributed by atoms with Crippen molar-refractivity contribution in [2.75, 3.05) is 13.7 Å². The number of fused-ring (bicyclic) bond motifs is 1. The number of aromatic nitrogens is 2. The van der Waals surface area contributed by atoms with E-state index in [9.17, 15) is 9.59 Å². The number of benzene rings is 1. The summed E-state index contributed by atoms with van der Waals surface area (Å²) in [7, 11) is 1.55. The first-order valence-electron chi connectivity index (χ1n) is 7.76. The molecule has 0 spiro atoms. The zero-order chi connectivity index (χ0) is 17.4. The average molecular weight is 344 g/mol. The molecule has 0 atom stereocenters. The van der Waals surface area contributed by atoms with E-state index >= 15 is 0 Å². The van der Waals surface area contributed by atoms with Crippen LogP contribution in [0.2, 0.25) is 0 Å². The van der Waals surface area contributed by atoms with Crippen molar-refractivity contribution in [1.82, 2.24) is 9.55 Å². The Labute approximate surface area is 143 Å². The second kappa shape index (κ2) is 6.37. The fourth-order valence-electron chi connectivity index (χ4n) is 2.86. The number of ether oxygens (including phenoxy) is 1. The lowest BCUT2D eigenvalue weighted by atomic mass is 9.99. The number of thiophene rings is 1. The van der Waals surface area contributed by atoms with Gasteiger partial charge >= 0.3 is 5.69 Å². The number of nitrogens with one attached hydrogen (secondary N) is 1. The Bertz CT molecular complexity index is 1030. The third-order valence-corrected chi connectivity index (χ3v) is 5.34. The Morgan fingerprint density at radius 3 is 2.58 bits per heavy atom. The highest BCUT2D eigenvalue weighted by Gasteiger charge is 2.18. The molecule has 1 N–H and O–H groups in total. The Morgan fingerprint density at radius 2 is 1.92 bits per heavy atom. The SMILES string of the molecule is COCCn1c(=O)[nH]c2sc(C)c(-c3ccc(C)c(C)c3)c2c1=O. The van der Waals surface area contributed by atoms with Crippen LogP contribution in [-0.4, -0.2) is 23.3 Å². The molecular formula is C18H20N2O3S. The summed E-state index contributed by atoms with van der Waals surface area (Å²) in [5.74, 6) is 0. The van der Waals surface area contributed by atoms with Crippen LogP contribution in [0, 0.1) is 20.8 Å². The van der Waals surface area contributed by atoms with E-state index in [1.807, 2.05) is 13.0 Å². The molecule has 0 fully saturated rings. The molecule has 0 saturated heterocycles. The molecule has 0 aliphatic carbocycles. The third-order valence-electron chi connectivity index (χ3n) is 4.32. The Morgan fingerprint density at radius 1 is 1.17 bits per heavy atom. The summed E-state index contributed by atoms with van der Waals surface area (Å²) in [5.41, 5.74) is 3.65. The molecule has 3 rings (SSSR count). The van der Waals surface area contributed by atoms with Gasteiger partial charge in [0.05, 0.1) is 18.5 Å². The third kappa shape index (κ3) is 2.72. The minimum atomic E-state index is -0.391. The van der Waals surface area contributed by atoms with Crippen molar-refractivity contribution in [3.05, 3.63) is 55.0 Å². The number of H-pyrrole nitrogens is 1. The van der Waals surface area contributed by atoms with Gasteiger partial charge in [-0.25, -0.2) is 4.79 Å². The molecule has 3 aromatic rings. The molecule has 0 saturated carbocycles. The summed E-state index contributed by atoms with van der Waals surface area (Å²) < 4.78 is 6.22. The molecule has 6 heteroatoms. The number of methoxy groups -OCH3 is 1. The first-order valence-corrected chi connectivity index (χ1v) is 8.58. The first kappa shape index (κ1) is 16.7. The van der Waals surface area contributed by atoms with Crippen LogP contribution in [0.1, 0.15) is 16.0 Å². The van der Waals surface area contributed by atoms with E-state index in [0.717, 1.165) is 16.0 Å². The number of hydrogen-bond acceptors (Lipinski definition) is 4. The van der Waals surface area contributed by atoms with Gasteiger partial charge in [0, 0.05) is 17.6 Å². The van der Waals surface area contributed by atoms with Gasteiger partial charge in [-0.3, -0.25) is 14.3 Å². The highest BCUT2D eigenvalue weighted by molar-refractivity contribution is 7.19. The fourth-order valence-corrected chi connectivity index (χ4v) is 3.92. The van der Waals surface area contributed by atoms with Crippen LogP contribution in [-0.2, 0) is 11.3 Å². The van der Waals surface area contributed by atoms with E-state index in [-0.39, 0.29) is 12.1 Å². The fraction of sp³-hybridized carbons (Fsp3) is 0.333. The first-order chi connectivity index (χ1) is 11.4. The van der Waals surface area contributed by atoms with E-state index in [0.29, 0.717) is 16.8 Å². The predicted octanol–water partition coefficient (Wildman–Crippen LogP) is 2.99. The number of hydrogen-bond donors (Lipinski definition) is 1. The van der Waals surface area contributed by atoms with E-state index in [4.69, 9.17) is 4.74 Å². The predicted molar refractivity (Wildman–Crippen MR) is 98.2 cm³/mol. The number of nitrogens with zero attached hydrogens (tertiary/aromatic N) is 1. The quantitative estimate of drug-likeness (QED) is 0.791. The standard InChI is InChI=1S/C18H20N2O3S/c1-10-5-6-13(9-11(10)2)14-12(3)24-16-15(14)17(21)20(7-8-23-4)18(22)19-16/h5-6,9H,7-8H2,1-4H3,(H,19,22). The zero-order valence-electron chi connectivity index (χ0n) is 14.2. The minimum Gasteiger partial charge on any atom is -0.383 e. The second-order valence-corrected chi connectivity index (χ2v) is 7.14. The van der Waals surface area contributed by atoms with Crippen LogP contribution < -0.4 is 11.2 Å². The monoisotopic (exact) mass is 344 g/mol. The molecule has 5 nitrogen and oxygen atoms in total. The van der Waals surface area contributed by atoms with Gasteiger partial charge in [0.1, 0.15) is 4.83 Å². The van der Waals surface area contributed by atoms with Gasteiger partial charge in [0.2, 0.25) is 0 Å². The number of aryl methyl sites for hydroxylation is 3. The maximum absolute atomic E-state index is 12.9. The number of aromatic amines is 1. The van der Waals surface area contributed by atoms with Crippen molar-refractivity contribution in [1.29, 1.82) is 0 Å². The molecule has 0 unspecified atom stereocenters. The molecule has 0 aliphatic heterocycles. The van der Waals surface area contributed by atoms with Crippen LogP contribution in [0.15, 0.2) is 27.8 Å². The summed E-state index contributed by atoms with van der Waals surface area (Å²) in [6, 6.07) is 6.18. The van der Waals surface area contributed by atoms with Gasteiger partial charge in [0.25, 0.3) is 5.56 Å². The van der Waals surface area contributed by atoms with E-state index < -0.39 is 5.69 Å². The molecule has 0 bridgehead atoms. The Hall–Kier alpha value is -2.18. The Kier molecular flexibility index (Phi) is 4.43. The van der Waals surface area contributed by atoms with Crippen LogP contribution in [0.5, 0.6) is 0 Å². The summed E-state index contributed by atoms with van der Waals surface area (Å²) in [4.78, 5) is 29.6. The topological polar surface area (TPSA) is 64.1 Å². The van der Waals surface area contributed by atoms with Crippen LogP contribution in [0.25, 0.3) is 21.3 Å². The van der Waals surface area contributed by atoms with Gasteiger partial charge in [-0.15, -0.1) is 11.3 Å². The van der Waals surface area contributed by atoms with Crippen molar-refractivity contribution in [2.24, 2.45) is 0 Å². The van der Waals surface area contributed by atoms with E-state index in [2.05, 4.69) is 31.0 Å². The summed E-state index contributed by atoms with van der Waals surface area (Å²) in [6.07, 6.45) is 0. The van der Waals surface area contributed by atoms with Crippen molar-refractivity contribution in [2.45, 2.75) is 27.3 Å². The molecule has 2 heterocycles. The summed E-state index contributed by atoms with van der Waals surface area (Å²) in [6.45, 7) is 6.65. The van der Waals surface area contributed by atoms with Gasteiger partial charge in [0.15, 0.2) is 0 Å². The minimum absolute atomic E-state index is 0.238. The van der Waals surface area contributed by atoms with Crippen LogP contribution in [0.3, 0.4) is 0 Å². The van der Waals surface area contributed by atoms with Crippen molar-refractivity contribution in [3.8, 4) is 11.1 Å². The van der Waals surface area contributed by atoms with Crippen molar-refractivity contribution in [3.63, 3.8) is 0 Å². The van der Waals surface area contributed by atoms with Crippen LogP contribution >= 0.6 is 11.3 Å². The maximum Gasteiger partial charge on any atom is 0.329 e. The molecule has 0 amide bonds. The van der Waals surface area contributed by atoms with Crippen molar-refractivity contribution < 1.29 is 4.74 Å². The van der Waals surface area contributed by atoms with E-state index in [1.165, 1.54) is 27.0 Å². The molecule has 24 heavy (non-hydrogen) atoms. The molecule has 1 aromatic carbocycles. The van der Waals surface area contributed by atoms with E-state index in [1.54, 1.807) is 7.11 Å². The normalized spacial score (nSPS) is 11.3. The smallest absolute Gasteiger partial charge is 0.329 e. The van der Waals surface area contributed by atoms with Crippen LogP contribution in [0.4, 0.5) is 0 Å². The molecule has 0 aliphatic rings. The van der Waals surface area contributed by atoms with Gasteiger partial charge in [-0.05, 0) is 37.5 Å². The highest BCUT2D eigenvalue weighted by atomic mass is 32.1. The summed E-state index contributed by atoms with van der Waals surface area (Å²) >= 11 is 1.44. The Balaban J connectivity index is 2.32. The lowest BCUT2D eigenvalue weighted by molar-refractivity contribution is 0.185. The number of rotatable bonds is 4. The molecule has 2 aromatic heterocycles. The van der Waals surface area contributed by atoms with Gasteiger partial charge in [-0.2, -0.15) is 0 Å². The maximum atomic E-state index is 12.9. The highest BCUT2D eigenvalue weighted by Crippen LogP contribution is 2.35. The second-order valence-electron chi connectivity index (χ2n) is 5.92.